The monoisotopic (exact) mass is 484 g/mol. The number of alkyl halides is 3. The number of amides is 2. The molecule has 0 saturated carbocycles. The van der Waals surface area contributed by atoms with Gasteiger partial charge in [-0.15, -0.1) is 0 Å². The Hall–Kier alpha value is -4.48. The van der Waals surface area contributed by atoms with E-state index in [4.69, 9.17) is 9.26 Å². The average molecular weight is 484 g/mol. The van der Waals surface area contributed by atoms with Gasteiger partial charge in [0.25, 0.3) is 0 Å². The Labute approximate surface area is 197 Å². The zero-order valence-electron chi connectivity index (χ0n) is 18.6. The molecular weight excluding hydrogens is 465 g/mol. The van der Waals surface area contributed by atoms with Crippen LogP contribution in [0, 0.1) is 6.92 Å². The van der Waals surface area contributed by atoms with Crippen LogP contribution in [-0.2, 0) is 12.7 Å². The fourth-order valence-electron chi connectivity index (χ4n) is 3.22. The van der Waals surface area contributed by atoms with Gasteiger partial charge >= 0.3 is 12.2 Å². The van der Waals surface area contributed by atoms with Crippen molar-refractivity contribution in [2.24, 2.45) is 0 Å². The molecule has 180 valence electrons. The lowest BCUT2D eigenvalue weighted by Crippen LogP contribution is -2.35. The molecule has 4 rings (SSSR count). The maximum atomic E-state index is 12.8. The normalized spacial score (nSPS) is 11.2. The number of aryl methyl sites for hydroxylation is 1. The van der Waals surface area contributed by atoms with Crippen molar-refractivity contribution in [1.82, 2.24) is 15.2 Å². The number of aromatic nitrogens is 4. The van der Waals surface area contributed by atoms with Gasteiger partial charge in [-0.1, -0.05) is 42.5 Å². The van der Waals surface area contributed by atoms with E-state index in [1.54, 1.807) is 6.20 Å². The summed E-state index contributed by atoms with van der Waals surface area (Å²) < 4.78 is 49.9. The van der Waals surface area contributed by atoms with Gasteiger partial charge in [0.2, 0.25) is 18.6 Å². The van der Waals surface area contributed by atoms with Gasteiger partial charge in [0.15, 0.2) is 11.3 Å². The van der Waals surface area contributed by atoms with Crippen LogP contribution in [0.15, 0.2) is 65.4 Å². The van der Waals surface area contributed by atoms with E-state index in [1.165, 1.54) is 30.1 Å². The first-order valence-corrected chi connectivity index (χ1v) is 10.2. The zero-order chi connectivity index (χ0) is 25.0. The van der Waals surface area contributed by atoms with E-state index in [2.05, 4.69) is 25.9 Å². The summed E-state index contributed by atoms with van der Waals surface area (Å²) in [5.41, 5.74) is 2.57. The van der Waals surface area contributed by atoms with Crippen molar-refractivity contribution in [2.45, 2.75) is 19.6 Å². The third kappa shape index (κ3) is 5.91. The van der Waals surface area contributed by atoms with Crippen LogP contribution < -0.4 is 14.7 Å². The largest absolute Gasteiger partial charge is 0.467 e. The first-order chi connectivity index (χ1) is 16.7. The van der Waals surface area contributed by atoms with Gasteiger partial charge in [0.1, 0.15) is 0 Å². The van der Waals surface area contributed by atoms with Crippen LogP contribution in [0.3, 0.4) is 0 Å². The Morgan fingerprint density at radius 3 is 2.66 bits per heavy atom. The number of carbonyl (C=O) groups excluding carboxylic acids is 1. The molecule has 0 spiro atoms. The SMILES string of the molecule is COc1ncc(-c2ccc(C[n+]3cc([N-]C(=O)Nc4cccc(C(F)(F)F)c4)on3)cc2)c(C)n1. The maximum absolute atomic E-state index is 12.8. The summed E-state index contributed by atoms with van der Waals surface area (Å²) in [7, 11) is 1.51. The zero-order valence-corrected chi connectivity index (χ0v) is 18.6. The number of methoxy groups -OCH3 is 1. The van der Waals surface area contributed by atoms with Crippen molar-refractivity contribution in [2.75, 3.05) is 12.4 Å². The molecule has 1 N–H and O–H groups in total. The molecule has 0 fully saturated rings. The minimum Gasteiger partial charge on any atom is -0.467 e. The van der Waals surface area contributed by atoms with E-state index in [-0.39, 0.29) is 11.6 Å². The molecule has 0 aliphatic heterocycles. The Morgan fingerprint density at radius 1 is 1.20 bits per heavy atom. The molecule has 0 unspecified atom stereocenters. The topological polar surface area (TPSA) is 108 Å². The molecule has 2 amide bonds. The average Bonchev–Trinajstić information content (AvgIpc) is 3.25. The fraction of sp³-hybridized carbons (Fsp3) is 0.174. The van der Waals surface area contributed by atoms with Crippen molar-refractivity contribution < 1.29 is 31.9 Å². The first kappa shape index (κ1) is 23.7. The number of nitrogens with zero attached hydrogens (tertiary/aromatic N) is 5. The number of carbonyl (C=O) groups is 1. The highest BCUT2D eigenvalue weighted by molar-refractivity contribution is 6.03. The smallest absolute Gasteiger partial charge is 0.416 e. The number of urea groups is 1. The van der Waals surface area contributed by atoms with E-state index in [1.807, 2.05) is 31.2 Å². The standard InChI is InChI=1S/C23H19F3N6O3/c1-14-19(11-27-22(28-14)34-2)16-8-6-15(7-9-16)12-32-13-20(35-31-32)30-21(33)29-18-5-3-4-17(10-18)23(24,25)26/h3-11,13H,12H2,1-2H3,(H-,29,30,31,33). The van der Waals surface area contributed by atoms with Gasteiger partial charge in [-0.05, 0) is 28.9 Å². The van der Waals surface area contributed by atoms with Gasteiger partial charge in [-0.3, -0.25) is 4.79 Å². The molecule has 0 bridgehead atoms. The van der Waals surface area contributed by atoms with Gasteiger partial charge in [0.05, 0.1) is 18.4 Å². The second-order valence-corrected chi connectivity index (χ2v) is 7.41. The van der Waals surface area contributed by atoms with Gasteiger partial charge in [0, 0.05) is 17.3 Å². The highest BCUT2D eigenvalue weighted by Crippen LogP contribution is 2.31. The van der Waals surface area contributed by atoms with Crippen LogP contribution in [0.4, 0.5) is 29.5 Å². The van der Waals surface area contributed by atoms with Crippen molar-refractivity contribution in [3.05, 3.63) is 83.1 Å². The molecule has 9 nitrogen and oxygen atoms in total. The third-order valence-corrected chi connectivity index (χ3v) is 4.90. The summed E-state index contributed by atoms with van der Waals surface area (Å²) in [5.74, 6) is -0.0999. The lowest BCUT2D eigenvalue weighted by Gasteiger charge is -2.15. The summed E-state index contributed by atoms with van der Waals surface area (Å²) >= 11 is 0. The number of hydrogen-bond acceptors (Lipinski definition) is 6. The second kappa shape index (κ2) is 9.79. The predicted molar refractivity (Wildman–Crippen MR) is 118 cm³/mol. The Kier molecular flexibility index (Phi) is 6.62. The molecule has 0 atom stereocenters. The number of anilines is 1. The summed E-state index contributed by atoms with van der Waals surface area (Å²) in [5, 5.41) is 9.77. The lowest BCUT2D eigenvalue weighted by atomic mass is 10.0. The molecule has 0 aliphatic rings. The minimum atomic E-state index is -4.52. The molecule has 0 aliphatic carbocycles. The number of benzene rings is 2. The van der Waals surface area contributed by atoms with Crippen molar-refractivity contribution in [3.8, 4) is 17.1 Å². The van der Waals surface area contributed by atoms with Gasteiger partial charge in [-0.25, -0.2) is 4.98 Å². The number of hydrogen-bond donors (Lipinski definition) is 1. The van der Waals surface area contributed by atoms with E-state index < -0.39 is 17.8 Å². The molecular formula is C23H19F3N6O3. The summed E-state index contributed by atoms with van der Waals surface area (Å²) in [6, 6.07) is 11.3. The minimum absolute atomic E-state index is 0.0430. The van der Waals surface area contributed by atoms with Crippen LogP contribution in [-0.4, -0.2) is 28.4 Å². The number of ether oxygens (including phenoxy) is 1. The highest BCUT2D eigenvalue weighted by atomic mass is 19.4. The van der Waals surface area contributed by atoms with E-state index in [0.717, 1.165) is 34.5 Å². The maximum Gasteiger partial charge on any atom is 0.416 e. The highest BCUT2D eigenvalue weighted by Gasteiger charge is 2.30. The molecule has 0 radical (unpaired) electrons. The summed E-state index contributed by atoms with van der Waals surface area (Å²) in [6.07, 6.45) is -1.42. The van der Waals surface area contributed by atoms with Crippen molar-refractivity contribution in [1.29, 1.82) is 0 Å². The van der Waals surface area contributed by atoms with Gasteiger partial charge < -0.3 is 19.9 Å². The summed E-state index contributed by atoms with van der Waals surface area (Å²) in [6.45, 7) is 2.21. The number of rotatable bonds is 6. The van der Waals surface area contributed by atoms with E-state index >= 15 is 0 Å². The Bertz CT molecular complexity index is 1340. The number of halogens is 3. The lowest BCUT2D eigenvalue weighted by molar-refractivity contribution is -0.754. The van der Waals surface area contributed by atoms with E-state index in [9.17, 15) is 18.0 Å². The quantitative estimate of drug-likeness (QED) is 0.384. The molecule has 0 saturated heterocycles. The van der Waals surface area contributed by atoms with Crippen molar-refractivity contribution >= 4 is 17.6 Å². The van der Waals surface area contributed by atoms with Crippen LogP contribution in [0.5, 0.6) is 6.01 Å². The van der Waals surface area contributed by atoms with Crippen LogP contribution >= 0.6 is 0 Å². The van der Waals surface area contributed by atoms with Crippen LogP contribution in [0.25, 0.3) is 16.4 Å². The number of nitrogens with one attached hydrogen (secondary N) is 1. The molecule has 12 heteroatoms. The Balaban J connectivity index is 1.36. The first-order valence-electron chi connectivity index (χ1n) is 10.2. The third-order valence-electron chi connectivity index (χ3n) is 4.90. The van der Waals surface area contributed by atoms with Crippen LogP contribution in [0.2, 0.25) is 0 Å². The predicted octanol–water partition coefficient (Wildman–Crippen LogP) is 5.04. The van der Waals surface area contributed by atoms with E-state index in [0.29, 0.717) is 12.6 Å². The molecule has 4 aromatic rings. The Morgan fingerprint density at radius 2 is 1.97 bits per heavy atom. The molecule has 2 aromatic carbocycles. The molecule has 2 heterocycles. The van der Waals surface area contributed by atoms with Crippen molar-refractivity contribution in [3.63, 3.8) is 0 Å². The van der Waals surface area contributed by atoms with Crippen LogP contribution in [0.1, 0.15) is 16.8 Å². The van der Waals surface area contributed by atoms with Gasteiger partial charge in [-0.2, -0.15) is 18.2 Å². The molecule has 35 heavy (non-hydrogen) atoms. The summed E-state index contributed by atoms with van der Waals surface area (Å²) in [4.78, 5) is 20.5. The fourth-order valence-corrected chi connectivity index (χ4v) is 3.22. The second-order valence-electron chi connectivity index (χ2n) is 7.41. The molecule has 2 aromatic heterocycles.